The Morgan fingerprint density at radius 3 is 3.00 bits per heavy atom. The topological polar surface area (TPSA) is 12.0 Å². The van der Waals surface area contributed by atoms with Crippen molar-refractivity contribution in [2.75, 3.05) is 6.54 Å². The van der Waals surface area contributed by atoms with Gasteiger partial charge in [0.05, 0.1) is 0 Å². The van der Waals surface area contributed by atoms with Crippen molar-refractivity contribution >= 4 is 27.3 Å². The average molecular weight is 316 g/mol. The van der Waals surface area contributed by atoms with E-state index in [4.69, 9.17) is 0 Å². The lowest BCUT2D eigenvalue weighted by Crippen LogP contribution is -2.46. The van der Waals surface area contributed by atoms with E-state index < -0.39 is 0 Å². The van der Waals surface area contributed by atoms with Crippen molar-refractivity contribution in [3.8, 4) is 0 Å². The zero-order chi connectivity index (χ0) is 12.1. The number of hydrogen-bond donors (Lipinski definition) is 1. The largest absolute Gasteiger partial charge is 0.311 e. The Labute approximate surface area is 117 Å². The summed E-state index contributed by atoms with van der Waals surface area (Å²) in [4.78, 5) is 1.51. The molecule has 17 heavy (non-hydrogen) atoms. The first-order valence-electron chi connectivity index (χ1n) is 6.73. The van der Waals surface area contributed by atoms with Crippen molar-refractivity contribution in [2.24, 2.45) is 0 Å². The zero-order valence-corrected chi connectivity index (χ0v) is 13.0. The predicted molar refractivity (Wildman–Crippen MR) is 79.8 cm³/mol. The van der Waals surface area contributed by atoms with Crippen LogP contribution in [0.4, 0.5) is 0 Å². The molecule has 0 spiro atoms. The summed E-state index contributed by atoms with van der Waals surface area (Å²) in [7, 11) is 0. The SMILES string of the molecule is CCCC1(Cc2sccc2Br)CCCCCN1. The second-order valence-electron chi connectivity index (χ2n) is 5.14. The van der Waals surface area contributed by atoms with Gasteiger partial charge in [-0.05, 0) is 53.2 Å². The Bertz CT molecular complexity index is 340. The van der Waals surface area contributed by atoms with Crippen LogP contribution in [-0.2, 0) is 6.42 Å². The van der Waals surface area contributed by atoms with E-state index in [-0.39, 0.29) is 0 Å². The summed E-state index contributed by atoms with van der Waals surface area (Å²) in [6, 6.07) is 2.18. The molecule has 1 N–H and O–H groups in total. The molecule has 1 aromatic rings. The van der Waals surface area contributed by atoms with Crippen LogP contribution in [-0.4, -0.2) is 12.1 Å². The summed E-state index contributed by atoms with van der Waals surface area (Å²) < 4.78 is 1.30. The fraction of sp³-hybridized carbons (Fsp3) is 0.714. The maximum Gasteiger partial charge on any atom is 0.0315 e. The van der Waals surface area contributed by atoms with Crippen LogP contribution < -0.4 is 5.32 Å². The Balaban J connectivity index is 2.12. The third-order valence-corrected chi connectivity index (χ3v) is 5.68. The molecule has 0 radical (unpaired) electrons. The van der Waals surface area contributed by atoms with Gasteiger partial charge in [0.25, 0.3) is 0 Å². The second kappa shape index (κ2) is 6.35. The highest BCUT2D eigenvalue weighted by Crippen LogP contribution is 2.33. The molecular formula is C14H22BrNS. The smallest absolute Gasteiger partial charge is 0.0315 e. The first-order valence-corrected chi connectivity index (χ1v) is 8.40. The van der Waals surface area contributed by atoms with Crippen molar-refractivity contribution in [3.05, 3.63) is 20.8 Å². The van der Waals surface area contributed by atoms with Gasteiger partial charge in [0.2, 0.25) is 0 Å². The summed E-state index contributed by atoms with van der Waals surface area (Å²) in [6.07, 6.45) is 9.23. The molecule has 2 heterocycles. The lowest BCUT2D eigenvalue weighted by Gasteiger charge is -2.33. The highest BCUT2D eigenvalue weighted by molar-refractivity contribution is 9.10. The zero-order valence-electron chi connectivity index (χ0n) is 10.6. The minimum atomic E-state index is 0.360. The van der Waals surface area contributed by atoms with Gasteiger partial charge in [-0.15, -0.1) is 11.3 Å². The van der Waals surface area contributed by atoms with Crippen molar-refractivity contribution in [2.45, 2.75) is 57.4 Å². The van der Waals surface area contributed by atoms with Crippen LogP contribution in [0.5, 0.6) is 0 Å². The van der Waals surface area contributed by atoms with Crippen molar-refractivity contribution < 1.29 is 0 Å². The second-order valence-corrected chi connectivity index (χ2v) is 6.99. The standard InChI is InChI=1S/C14H22BrNS/c1-2-7-14(8-4-3-5-9-16-14)11-13-12(15)6-10-17-13/h6,10,16H,2-5,7-9,11H2,1H3. The fourth-order valence-electron chi connectivity index (χ4n) is 2.90. The molecule has 1 aromatic heterocycles. The molecule has 1 aliphatic heterocycles. The molecule has 0 saturated carbocycles. The molecule has 1 nitrogen and oxygen atoms in total. The van der Waals surface area contributed by atoms with Gasteiger partial charge in [0.15, 0.2) is 0 Å². The molecule has 1 saturated heterocycles. The quantitative estimate of drug-likeness (QED) is 0.845. The molecular weight excluding hydrogens is 294 g/mol. The highest BCUT2D eigenvalue weighted by Gasteiger charge is 2.30. The summed E-state index contributed by atoms with van der Waals surface area (Å²) in [5.74, 6) is 0. The van der Waals surface area contributed by atoms with Gasteiger partial charge in [0.1, 0.15) is 0 Å². The van der Waals surface area contributed by atoms with Crippen molar-refractivity contribution in [3.63, 3.8) is 0 Å². The molecule has 0 bridgehead atoms. The van der Waals surface area contributed by atoms with Crippen LogP contribution >= 0.6 is 27.3 Å². The van der Waals surface area contributed by atoms with E-state index in [2.05, 4.69) is 39.6 Å². The van der Waals surface area contributed by atoms with Gasteiger partial charge in [0, 0.05) is 21.3 Å². The van der Waals surface area contributed by atoms with Gasteiger partial charge in [-0.25, -0.2) is 0 Å². The van der Waals surface area contributed by atoms with Gasteiger partial charge in [-0.1, -0.05) is 26.2 Å². The molecule has 96 valence electrons. The molecule has 0 amide bonds. The average Bonchev–Trinajstić information content (AvgIpc) is 2.58. The molecule has 2 rings (SSSR count). The van der Waals surface area contributed by atoms with Crippen molar-refractivity contribution in [1.29, 1.82) is 0 Å². The van der Waals surface area contributed by atoms with Gasteiger partial charge in [-0.2, -0.15) is 0 Å². The first-order chi connectivity index (χ1) is 8.26. The van der Waals surface area contributed by atoms with Gasteiger partial charge < -0.3 is 5.32 Å². The first kappa shape index (κ1) is 13.6. The van der Waals surface area contributed by atoms with Gasteiger partial charge >= 0.3 is 0 Å². The number of thiophene rings is 1. The Hall–Kier alpha value is 0.140. The molecule has 1 fully saturated rings. The fourth-order valence-corrected chi connectivity index (χ4v) is 4.53. The highest BCUT2D eigenvalue weighted by atomic mass is 79.9. The molecule has 3 heteroatoms. The third-order valence-electron chi connectivity index (χ3n) is 3.75. The lowest BCUT2D eigenvalue weighted by molar-refractivity contribution is 0.289. The normalized spacial score (nSPS) is 25.8. The van der Waals surface area contributed by atoms with Crippen LogP contribution in [0, 0.1) is 0 Å². The van der Waals surface area contributed by atoms with E-state index in [1.807, 2.05) is 11.3 Å². The van der Waals surface area contributed by atoms with Crippen LogP contribution in [0.3, 0.4) is 0 Å². The minimum Gasteiger partial charge on any atom is -0.311 e. The summed E-state index contributed by atoms with van der Waals surface area (Å²) in [5, 5.41) is 6.04. The summed E-state index contributed by atoms with van der Waals surface area (Å²) in [5.41, 5.74) is 0.360. The van der Waals surface area contributed by atoms with E-state index in [0.29, 0.717) is 5.54 Å². The maximum absolute atomic E-state index is 3.85. The van der Waals surface area contributed by atoms with E-state index in [1.54, 1.807) is 0 Å². The van der Waals surface area contributed by atoms with Crippen LogP contribution in [0.1, 0.15) is 50.3 Å². The number of hydrogen-bond acceptors (Lipinski definition) is 2. The Kier molecular flexibility index (Phi) is 5.07. The Morgan fingerprint density at radius 1 is 1.41 bits per heavy atom. The molecule has 1 unspecified atom stereocenters. The predicted octanol–water partition coefficient (Wildman–Crippen LogP) is 4.76. The van der Waals surface area contributed by atoms with Crippen LogP contribution in [0.25, 0.3) is 0 Å². The summed E-state index contributed by atoms with van der Waals surface area (Å²) in [6.45, 7) is 3.50. The molecule has 0 aromatic carbocycles. The number of halogens is 1. The monoisotopic (exact) mass is 315 g/mol. The molecule has 1 atom stereocenters. The van der Waals surface area contributed by atoms with Crippen molar-refractivity contribution in [1.82, 2.24) is 5.32 Å². The molecule has 0 aliphatic carbocycles. The van der Waals surface area contributed by atoms with E-state index in [0.717, 1.165) is 0 Å². The van der Waals surface area contributed by atoms with Crippen LogP contribution in [0.15, 0.2) is 15.9 Å². The lowest BCUT2D eigenvalue weighted by atomic mass is 9.85. The van der Waals surface area contributed by atoms with Crippen LogP contribution in [0.2, 0.25) is 0 Å². The molecule has 1 aliphatic rings. The summed E-state index contributed by atoms with van der Waals surface area (Å²) >= 11 is 5.56. The van der Waals surface area contributed by atoms with E-state index in [9.17, 15) is 0 Å². The maximum atomic E-state index is 3.85. The van der Waals surface area contributed by atoms with Gasteiger partial charge in [-0.3, -0.25) is 0 Å². The Morgan fingerprint density at radius 2 is 2.29 bits per heavy atom. The number of nitrogens with one attached hydrogen (secondary N) is 1. The third kappa shape index (κ3) is 3.55. The minimum absolute atomic E-state index is 0.360. The van der Waals surface area contributed by atoms with E-state index >= 15 is 0 Å². The number of rotatable bonds is 4. The van der Waals surface area contributed by atoms with E-state index in [1.165, 1.54) is 60.8 Å².